The van der Waals surface area contributed by atoms with Crippen LogP contribution in [-0.4, -0.2) is 36.6 Å². The molecule has 0 bridgehead atoms. The van der Waals surface area contributed by atoms with Crippen LogP contribution < -0.4 is 10.1 Å². The summed E-state index contributed by atoms with van der Waals surface area (Å²) in [5.41, 5.74) is 0. The Hall–Kier alpha value is -2.72. The lowest BCUT2D eigenvalue weighted by atomic mass is 10.3. The van der Waals surface area contributed by atoms with E-state index in [9.17, 15) is 4.79 Å². The second kappa shape index (κ2) is 9.28. The van der Waals surface area contributed by atoms with Crippen LogP contribution >= 0.6 is 23.1 Å². The Morgan fingerprint density at radius 2 is 2.11 bits per heavy atom. The van der Waals surface area contributed by atoms with Crippen molar-refractivity contribution in [3.63, 3.8) is 0 Å². The standard InChI is InChI=1S/C17H18N6O2S2/c1-3-9-23-14(10-25-13-7-5-4-6-8-13)20-22-17(23)26-11-15(24)18-16-21-19-12(2)27-16/h3-8H,1,9-11H2,2H3,(H,18,21,24). The highest BCUT2D eigenvalue weighted by Gasteiger charge is 2.15. The molecule has 0 spiro atoms. The third-order valence-electron chi connectivity index (χ3n) is 3.32. The van der Waals surface area contributed by atoms with Gasteiger partial charge in [-0.15, -0.1) is 27.0 Å². The van der Waals surface area contributed by atoms with Gasteiger partial charge in [0.2, 0.25) is 11.0 Å². The minimum Gasteiger partial charge on any atom is -0.486 e. The zero-order valence-corrected chi connectivity index (χ0v) is 16.3. The number of hydrogen-bond acceptors (Lipinski definition) is 8. The lowest BCUT2D eigenvalue weighted by Crippen LogP contribution is -2.15. The number of aryl methyl sites for hydroxylation is 1. The Labute approximate surface area is 164 Å². The van der Waals surface area contributed by atoms with Gasteiger partial charge >= 0.3 is 0 Å². The first kappa shape index (κ1) is 19.1. The Kier molecular flexibility index (Phi) is 6.55. The number of aromatic nitrogens is 5. The highest BCUT2D eigenvalue weighted by atomic mass is 32.2. The number of anilines is 1. The van der Waals surface area contributed by atoms with E-state index < -0.39 is 0 Å². The van der Waals surface area contributed by atoms with Crippen LogP contribution in [0.4, 0.5) is 5.13 Å². The molecule has 140 valence electrons. The van der Waals surface area contributed by atoms with Crippen molar-refractivity contribution in [1.29, 1.82) is 0 Å². The number of nitrogens with zero attached hydrogens (tertiary/aromatic N) is 5. The lowest BCUT2D eigenvalue weighted by Gasteiger charge is -2.09. The van der Waals surface area contributed by atoms with E-state index in [1.807, 2.05) is 41.8 Å². The van der Waals surface area contributed by atoms with Crippen LogP contribution in [-0.2, 0) is 17.9 Å². The van der Waals surface area contributed by atoms with Crippen LogP contribution in [0.2, 0.25) is 0 Å². The summed E-state index contributed by atoms with van der Waals surface area (Å²) in [6, 6.07) is 9.50. The van der Waals surface area contributed by atoms with Crippen LogP contribution in [0.3, 0.4) is 0 Å². The maximum atomic E-state index is 12.1. The molecule has 10 heteroatoms. The zero-order chi connectivity index (χ0) is 19.1. The molecule has 0 fully saturated rings. The number of carbonyl (C=O) groups excluding carboxylic acids is 1. The monoisotopic (exact) mass is 402 g/mol. The first-order chi connectivity index (χ1) is 13.2. The number of amides is 1. The summed E-state index contributed by atoms with van der Waals surface area (Å²) in [6.07, 6.45) is 1.75. The van der Waals surface area contributed by atoms with E-state index >= 15 is 0 Å². The van der Waals surface area contributed by atoms with Gasteiger partial charge in [0.25, 0.3) is 0 Å². The molecule has 1 N–H and O–H groups in total. The number of thioether (sulfide) groups is 1. The van der Waals surface area contributed by atoms with Gasteiger partial charge in [0.05, 0.1) is 5.75 Å². The number of nitrogens with one attached hydrogen (secondary N) is 1. The fourth-order valence-electron chi connectivity index (χ4n) is 2.14. The van der Waals surface area contributed by atoms with Gasteiger partial charge in [0.15, 0.2) is 11.0 Å². The van der Waals surface area contributed by atoms with Gasteiger partial charge < -0.3 is 4.74 Å². The van der Waals surface area contributed by atoms with Crippen molar-refractivity contribution < 1.29 is 9.53 Å². The topological polar surface area (TPSA) is 94.8 Å². The fraction of sp³-hybridized carbons (Fsp3) is 0.235. The van der Waals surface area contributed by atoms with E-state index in [0.717, 1.165) is 10.8 Å². The molecule has 27 heavy (non-hydrogen) atoms. The van der Waals surface area contributed by atoms with E-state index in [1.54, 1.807) is 6.08 Å². The molecule has 2 heterocycles. The number of carbonyl (C=O) groups is 1. The molecule has 0 saturated carbocycles. The summed E-state index contributed by atoms with van der Waals surface area (Å²) in [5.74, 6) is 1.44. The van der Waals surface area contributed by atoms with E-state index in [1.165, 1.54) is 23.1 Å². The van der Waals surface area contributed by atoms with Gasteiger partial charge in [-0.25, -0.2) is 0 Å². The number of rotatable bonds is 9. The summed E-state index contributed by atoms with van der Waals surface area (Å²) in [5, 5.41) is 20.7. The van der Waals surface area contributed by atoms with Crippen LogP contribution in [0.15, 0.2) is 48.1 Å². The molecule has 2 aromatic heterocycles. The zero-order valence-electron chi connectivity index (χ0n) is 14.7. The quantitative estimate of drug-likeness (QED) is 0.434. The largest absolute Gasteiger partial charge is 0.486 e. The van der Waals surface area contributed by atoms with Crippen molar-refractivity contribution in [1.82, 2.24) is 25.0 Å². The second-order valence-electron chi connectivity index (χ2n) is 5.36. The van der Waals surface area contributed by atoms with Gasteiger partial charge in [0, 0.05) is 6.54 Å². The lowest BCUT2D eigenvalue weighted by molar-refractivity contribution is -0.113. The van der Waals surface area contributed by atoms with E-state index in [0.29, 0.717) is 22.7 Å². The number of allylic oxidation sites excluding steroid dienone is 1. The molecule has 0 saturated heterocycles. The number of para-hydroxylation sites is 1. The maximum absolute atomic E-state index is 12.1. The van der Waals surface area contributed by atoms with E-state index in [4.69, 9.17) is 4.74 Å². The molecule has 0 atom stereocenters. The Morgan fingerprint density at radius 3 is 2.81 bits per heavy atom. The summed E-state index contributed by atoms with van der Waals surface area (Å²) < 4.78 is 7.62. The summed E-state index contributed by atoms with van der Waals surface area (Å²) in [7, 11) is 0. The van der Waals surface area contributed by atoms with Crippen molar-refractivity contribution in [3.8, 4) is 5.75 Å². The predicted molar refractivity (Wildman–Crippen MR) is 105 cm³/mol. The first-order valence-electron chi connectivity index (χ1n) is 8.09. The van der Waals surface area contributed by atoms with Gasteiger partial charge in [-0.1, -0.05) is 47.4 Å². The van der Waals surface area contributed by atoms with Crippen LogP contribution in [0, 0.1) is 6.92 Å². The Balaban J connectivity index is 1.60. The highest BCUT2D eigenvalue weighted by molar-refractivity contribution is 7.99. The molecule has 0 aliphatic carbocycles. The third-order valence-corrected chi connectivity index (χ3v) is 5.04. The second-order valence-corrected chi connectivity index (χ2v) is 7.49. The van der Waals surface area contributed by atoms with Crippen molar-refractivity contribution in [2.75, 3.05) is 11.1 Å². The molecule has 1 aromatic carbocycles. The van der Waals surface area contributed by atoms with Gasteiger partial charge in [0.1, 0.15) is 17.4 Å². The maximum Gasteiger partial charge on any atom is 0.236 e. The molecule has 3 rings (SSSR count). The minimum absolute atomic E-state index is 0.175. The normalized spacial score (nSPS) is 10.6. The summed E-state index contributed by atoms with van der Waals surface area (Å²) in [6.45, 7) is 6.41. The number of hydrogen-bond donors (Lipinski definition) is 1. The van der Waals surface area contributed by atoms with Crippen molar-refractivity contribution >= 4 is 34.1 Å². The molecule has 0 radical (unpaired) electrons. The Bertz CT molecular complexity index is 909. The van der Waals surface area contributed by atoms with E-state index in [2.05, 4.69) is 32.3 Å². The van der Waals surface area contributed by atoms with Gasteiger partial charge in [-0.05, 0) is 19.1 Å². The molecule has 0 aliphatic rings. The third kappa shape index (κ3) is 5.38. The minimum atomic E-state index is -0.175. The molecule has 0 aliphatic heterocycles. The molecule has 8 nitrogen and oxygen atoms in total. The van der Waals surface area contributed by atoms with Crippen molar-refractivity contribution in [3.05, 3.63) is 53.8 Å². The smallest absolute Gasteiger partial charge is 0.236 e. The van der Waals surface area contributed by atoms with Crippen molar-refractivity contribution in [2.24, 2.45) is 0 Å². The first-order valence-corrected chi connectivity index (χ1v) is 9.89. The molecular formula is C17H18N6O2S2. The molecule has 1 amide bonds. The van der Waals surface area contributed by atoms with Gasteiger partial charge in [-0.3, -0.25) is 14.7 Å². The molecular weight excluding hydrogens is 384 g/mol. The summed E-state index contributed by atoms with van der Waals surface area (Å²) in [4.78, 5) is 12.1. The average molecular weight is 403 g/mol. The highest BCUT2D eigenvalue weighted by Crippen LogP contribution is 2.20. The Morgan fingerprint density at radius 1 is 1.30 bits per heavy atom. The number of ether oxygens (including phenoxy) is 1. The van der Waals surface area contributed by atoms with Crippen LogP contribution in [0.5, 0.6) is 5.75 Å². The fourth-order valence-corrected chi connectivity index (χ4v) is 3.52. The molecule has 0 unspecified atom stereocenters. The van der Waals surface area contributed by atoms with Crippen LogP contribution in [0.1, 0.15) is 10.8 Å². The van der Waals surface area contributed by atoms with Gasteiger partial charge in [-0.2, -0.15) is 0 Å². The van der Waals surface area contributed by atoms with E-state index in [-0.39, 0.29) is 18.3 Å². The SMILES string of the molecule is C=CCn1c(COc2ccccc2)nnc1SCC(=O)Nc1nnc(C)s1. The number of benzene rings is 1. The van der Waals surface area contributed by atoms with Crippen molar-refractivity contribution in [2.45, 2.75) is 25.2 Å². The average Bonchev–Trinajstić information content (AvgIpc) is 3.25. The molecule has 3 aromatic rings. The summed E-state index contributed by atoms with van der Waals surface area (Å²) >= 11 is 2.63. The van der Waals surface area contributed by atoms with Crippen LogP contribution in [0.25, 0.3) is 0 Å². The predicted octanol–water partition coefficient (Wildman–Crippen LogP) is 2.93.